The number of rotatable bonds is 3. The topological polar surface area (TPSA) is 54.9 Å². The molecule has 1 amide bonds. The highest BCUT2D eigenvalue weighted by Crippen LogP contribution is 2.26. The standard InChI is InChI=1S/C12H8Cl3N3OS/c1-20-12-16-5-8(15)10(18-12)11(19)17-9-3-2-6(13)4-7(9)14/h2-5H,1H3,(H,17,19). The van der Waals surface area contributed by atoms with Gasteiger partial charge >= 0.3 is 0 Å². The number of carbonyl (C=O) groups excluding carboxylic acids is 1. The number of carbonyl (C=O) groups is 1. The zero-order valence-corrected chi connectivity index (χ0v) is 13.2. The summed E-state index contributed by atoms with van der Waals surface area (Å²) in [5.41, 5.74) is 0.526. The van der Waals surface area contributed by atoms with Crippen molar-refractivity contribution < 1.29 is 4.79 Å². The van der Waals surface area contributed by atoms with Crippen LogP contribution in [0.15, 0.2) is 29.6 Å². The number of thioether (sulfide) groups is 1. The molecule has 0 aliphatic heterocycles. The number of halogens is 3. The lowest BCUT2D eigenvalue weighted by atomic mass is 10.3. The second kappa shape index (κ2) is 6.63. The lowest BCUT2D eigenvalue weighted by Crippen LogP contribution is -2.15. The van der Waals surface area contributed by atoms with E-state index in [1.54, 1.807) is 18.4 Å². The van der Waals surface area contributed by atoms with E-state index in [1.165, 1.54) is 24.0 Å². The monoisotopic (exact) mass is 347 g/mol. The molecule has 104 valence electrons. The van der Waals surface area contributed by atoms with Gasteiger partial charge in [0.1, 0.15) is 0 Å². The first-order valence-corrected chi connectivity index (χ1v) is 7.70. The molecule has 20 heavy (non-hydrogen) atoms. The van der Waals surface area contributed by atoms with Crippen LogP contribution in [0.1, 0.15) is 10.5 Å². The third kappa shape index (κ3) is 3.55. The average Bonchev–Trinajstić information content (AvgIpc) is 2.42. The predicted molar refractivity (Wildman–Crippen MR) is 83.2 cm³/mol. The molecule has 0 unspecified atom stereocenters. The minimum atomic E-state index is -0.461. The van der Waals surface area contributed by atoms with Gasteiger partial charge < -0.3 is 5.32 Å². The van der Waals surface area contributed by atoms with Gasteiger partial charge in [-0.25, -0.2) is 9.97 Å². The minimum absolute atomic E-state index is 0.0945. The maximum absolute atomic E-state index is 12.2. The Morgan fingerprint density at radius 2 is 2.00 bits per heavy atom. The van der Waals surface area contributed by atoms with E-state index in [0.717, 1.165) is 0 Å². The van der Waals surface area contributed by atoms with Crippen LogP contribution >= 0.6 is 46.6 Å². The second-order valence-electron chi connectivity index (χ2n) is 3.63. The first-order chi connectivity index (χ1) is 9.51. The van der Waals surface area contributed by atoms with Gasteiger partial charge in [-0.15, -0.1) is 0 Å². The molecule has 0 spiro atoms. The third-order valence-corrected chi connectivity index (χ3v) is 3.69. The summed E-state index contributed by atoms with van der Waals surface area (Å²) in [5, 5.41) is 4.08. The Bertz CT molecular complexity index is 666. The maximum Gasteiger partial charge on any atom is 0.276 e. The Morgan fingerprint density at radius 1 is 1.25 bits per heavy atom. The fraction of sp³-hybridized carbons (Fsp3) is 0.0833. The van der Waals surface area contributed by atoms with Crippen molar-refractivity contribution in [3.8, 4) is 0 Å². The average molecular weight is 349 g/mol. The van der Waals surface area contributed by atoms with Crippen molar-refractivity contribution in [2.24, 2.45) is 0 Å². The summed E-state index contributed by atoms with van der Waals surface area (Å²) in [7, 11) is 0. The highest BCUT2D eigenvalue weighted by molar-refractivity contribution is 7.98. The van der Waals surface area contributed by atoms with E-state index in [4.69, 9.17) is 34.8 Å². The van der Waals surface area contributed by atoms with E-state index in [2.05, 4.69) is 15.3 Å². The predicted octanol–water partition coefficient (Wildman–Crippen LogP) is 4.41. The van der Waals surface area contributed by atoms with Gasteiger partial charge in [0.05, 0.1) is 21.9 Å². The van der Waals surface area contributed by atoms with Gasteiger partial charge in [-0.05, 0) is 24.5 Å². The van der Waals surface area contributed by atoms with Crippen molar-refractivity contribution in [1.29, 1.82) is 0 Å². The summed E-state index contributed by atoms with van der Waals surface area (Å²) in [5.74, 6) is -0.461. The first kappa shape index (κ1) is 15.4. The fourth-order valence-electron chi connectivity index (χ4n) is 1.38. The van der Waals surface area contributed by atoms with Crippen LogP contribution in [0.25, 0.3) is 0 Å². The van der Waals surface area contributed by atoms with E-state index in [9.17, 15) is 4.79 Å². The largest absolute Gasteiger partial charge is 0.319 e. The molecule has 0 aliphatic rings. The molecule has 0 radical (unpaired) electrons. The van der Waals surface area contributed by atoms with Crippen LogP contribution in [-0.4, -0.2) is 22.1 Å². The Labute approximate surface area is 134 Å². The quantitative estimate of drug-likeness (QED) is 0.659. The van der Waals surface area contributed by atoms with Crippen molar-refractivity contribution in [3.63, 3.8) is 0 Å². The van der Waals surface area contributed by atoms with Gasteiger partial charge in [0, 0.05) is 5.02 Å². The molecule has 1 aromatic heterocycles. The van der Waals surface area contributed by atoms with Crippen LogP contribution in [0.5, 0.6) is 0 Å². The second-order valence-corrected chi connectivity index (χ2v) is 5.66. The van der Waals surface area contributed by atoms with Gasteiger partial charge in [-0.2, -0.15) is 0 Å². The van der Waals surface area contributed by atoms with E-state index < -0.39 is 5.91 Å². The number of nitrogens with zero attached hydrogens (tertiary/aromatic N) is 2. The summed E-state index contributed by atoms with van der Waals surface area (Å²) >= 11 is 19.0. The zero-order chi connectivity index (χ0) is 14.7. The molecule has 0 fully saturated rings. The molecular formula is C12H8Cl3N3OS. The number of hydrogen-bond donors (Lipinski definition) is 1. The molecule has 0 aliphatic carbocycles. The number of aromatic nitrogens is 2. The van der Waals surface area contributed by atoms with Gasteiger partial charge in [0.25, 0.3) is 5.91 Å². The Kier molecular flexibility index (Phi) is 5.10. The molecule has 0 atom stereocenters. The van der Waals surface area contributed by atoms with Gasteiger partial charge in [-0.1, -0.05) is 46.6 Å². The highest BCUT2D eigenvalue weighted by Gasteiger charge is 2.15. The Balaban J connectivity index is 2.28. The molecule has 0 bridgehead atoms. The maximum atomic E-state index is 12.2. The third-order valence-electron chi connectivity index (χ3n) is 2.30. The summed E-state index contributed by atoms with van der Waals surface area (Å²) in [6.07, 6.45) is 3.19. The zero-order valence-electron chi connectivity index (χ0n) is 10.2. The number of anilines is 1. The van der Waals surface area contributed by atoms with Crippen molar-refractivity contribution in [2.45, 2.75) is 5.16 Å². The van der Waals surface area contributed by atoms with Crippen molar-refractivity contribution in [1.82, 2.24) is 9.97 Å². The molecule has 4 nitrogen and oxygen atoms in total. The molecule has 2 aromatic rings. The van der Waals surface area contributed by atoms with Crippen LogP contribution in [0.3, 0.4) is 0 Å². The lowest BCUT2D eigenvalue weighted by molar-refractivity contribution is 0.102. The number of amides is 1. The molecular weight excluding hydrogens is 341 g/mol. The van der Waals surface area contributed by atoms with Crippen LogP contribution in [-0.2, 0) is 0 Å². The summed E-state index contributed by atoms with van der Waals surface area (Å²) in [6, 6.07) is 4.76. The number of hydrogen-bond acceptors (Lipinski definition) is 4. The molecule has 0 saturated heterocycles. The summed E-state index contributed by atoms with van der Waals surface area (Å²) in [4.78, 5) is 20.2. The van der Waals surface area contributed by atoms with E-state index in [-0.39, 0.29) is 10.7 Å². The Hall–Kier alpha value is -1.01. The number of benzene rings is 1. The van der Waals surface area contributed by atoms with E-state index in [1.807, 2.05) is 0 Å². The lowest BCUT2D eigenvalue weighted by Gasteiger charge is -2.08. The summed E-state index contributed by atoms with van der Waals surface area (Å²) < 4.78 is 0. The van der Waals surface area contributed by atoms with Gasteiger partial charge in [0.2, 0.25) is 0 Å². The van der Waals surface area contributed by atoms with Gasteiger partial charge in [-0.3, -0.25) is 4.79 Å². The SMILES string of the molecule is CSc1ncc(Cl)c(C(=O)Nc2ccc(Cl)cc2Cl)n1. The van der Waals surface area contributed by atoms with Crippen molar-refractivity contribution >= 4 is 58.2 Å². The summed E-state index contributed by atoms with van der Waals surface area (Å²) in [6.45, 7) is 0. The molecule has 1 aromatic carbocycles. The minimum Gasteiger partial charge on any atom is -0.319 e. The molecule has 1 N–H and O–H groups in total. The van der Waals surface area contributed by atoms with Crippen molar-refractivity contribution in [3.05, 3.63) is 45.2 Å². The smallest absolute Gasteiger partial charge is 0.276 e. The Morgan fingerprint density at radius 3 is 2.65 bits per heavy atom. The normalized spacial score (nSPS) is 10.4. The highest BCUT2D eigenvalue weighted by atomic mass is 35.5. The number of nitrogens with one attached hydrogen (secondary N) is 1. The molecule has 2 rings (SSSR count). The van der Waals surface area contributed by atoms with E-state index >= 15 is 0 Å². The van der Waals surface area contributed by atoms with Crippen LogP contribution in [0.4, 0.5) is 5.69 Å². The van der Waals surface area contributed by atoms with Crippen molar-refractivity contribution in [2.75, 3.05) is 11.6 Å². The van der Waals surface area contributed by atoms with E-state index in [0.29, 0.717) is 20.9 Å². The molecule has 8 heteroatoms. The first-order valence-electron chi connectivity index (χ1n) is 5.34. The van der Waals surface area contributed by atoms with Crippen LogP contribution in [0, 0.1) is 0 Å². The molecule has 1 heterocycles. The fourth-order valence-corrected chi connectivity index (χ4v) is 2.35. The molecule has 0 saturated carbocycles. The van der Waals surface area contributed by atoms with Crippen LogP contribution < -0.4 is 5.32 Å². The van der Waals surface area contributed by atoms with Crippen LogP contribution in [0.2, 0.25) is 15.1 Å². The van der Waals surface area contributed by atoms with Gasteiger partial charge in [0.15, 0.2) is 10.9 Å².